The third kappa shape index (κ3) is 4.28. The number of benzene rings is 1. The fourth-order valence-corrected chi connectivity index (χ4v) is 1.64. The van der Waals surface area contributed by atoms with Crippen LogP contribution < -0.4 is 10.2 Å². The molecule has 2 rings (SSSR count). The molecule has 0 unspecified atom stereocenters. The number of ether oxygens (including phenoxy) is 1. The fourth-order valence-electron chi connectivity index (χ4n) is 1.64. The topological polar surface area (TPSA) is 86.5 Å². The van der Waals surface area contributed by atoms with Crippen LogP contribution >= 0.6 is 0 Å². The minimum Gasteiger partial charge on any atom is -0.497 e. The van der Waals surface area contributed by atoms with Crippen LogP contribution in [0.2, 0.25) is 0 Å². The van der Waals surface area contributed by atoms with Gasteiger partial charge in [0.05, 0.1) is 13.7 Å². The van der Waals surface area contributed by atoms with Gasteiger partial charge in [-0.05, 0) is 31.2 Å². The molecule has 0 saturated heterocycles. The van der Waals surface area contributed by atoms with Crippen LogP contribution in [0.4, 0.5) is 0 Å². The molecule has 0 fully saturated rings. The molecule has 0 spiro atoms. The van der Waals surface area contributed by atoms with Crippen molar-refractivity contribution >= 4 is 5.91 Å². The van der Waals surface area contributed by atoms with E-state index in [1.165, 1.54) is 0 Å². The fraction of sp³-hybridized carbons (Fsp3) is 0.357. The highest BCUT2D eigenvalue weighted by Gasteiger charge is 2.10. The number of amides is 1. The van der Waals surface area contributed by atoms with Gasteiger partial charge in [-0.15, -0.1) is 0 Å². The summed E-state index contributed by atoms with van der Waals surface area (Å²) >= 11 is 0. The van der Waals surface area contributed by atoms with Crippen LogP contribution in [-0.2, 0) is 16.1 Å². The third-order valence-electron chi connectivity index (χ3n) is 2.71. The minimum atomic E-state index is -0.221. The number of aromatic nitrogens is 2. The molecule has 0 atom stereocenters. The molecular formula is C14H17N3O4. The van der Waals surface area contributed by atoms with Gasteiger partial charge in [-0.2, -0.15) is 4.98 Å². The molecule has 0 saturated carbocycles. The number of rotatable bonds is 7. The Balaban J connectivity index is 1.92. The summed E-state index contributed by atoms with van der Waals surface area (Å²) in [4.78, 5) is 20.4. The van der Waals surface area contributed by atoms with Gasteiger partial charge in [0, 0.05) is 18.4 Å². The molecule has 0 aliphatic carbocycles. The Hall–Kier alpha value is -2.41. The van der Waals surface area contributed by atoms with Crippen molar-refractivity contribution in [3.05, 3.63) is 30.2 Å². The lowest BCUT2D eigenvalue weighted by Crippen LogP contribution is -2.23. The van der Waals surface area contributed by atoms with Crippen LogP contribution in [0.1, 0.15) is 19.2 Å². The zero-order valence-corrected chi connectivity index (χ0v) is 12.0. The second kappa shape index (κ2) is 7.39. The monoisotopic (exact) mass is 291 g/mol. The number of nitrogens with zero attached hydrogens (tertiary/aromatic N) is 2. The summed E-state index contributed by atoms with van der Waals surface area (Å²) < 4.78 is 10.2. The summed E-state index contributed by atoms with van der Waals surface area (Å²) in [5.74, 6) is 1.43. The summed E-state index contributed by atoms with van der Waals surface area (Å²) in [6, 6.07) is 7.33. The largest absolute Gasteiger partial charge is 0.497 e. The molecule has 112 valence electrons. The number of carbonyl (C=O) groups excluding carboxylic acids is 1. The van der Waals surface area contributed by atoms with Crippen molar-refractivity contribution in [1.29, 1.82) is 0 Å². The molecule has 1 N–H and O–H groups in total. The zero-order valence-electron chi connectivity index (χ0n) is 12.0. The highest BCUT2D eigenvalue weighted by molar-refractivity contribution is 5.74. The maximum atomic E-state index is 11.4. The second-order valence-corrected chi connectivity index (χ2v) is 4.20. The molecule has 7 nitrogen and oxygen atoms in total. The van der Waals surface area contributed by atoms with E-state index in [4.69, 9.17) is 14.1 Å². The average Bonchev–Trinajstić information content (AvgIpc) is 3.00. The standard InChI is InChI=1S/C14H17N3O4/c1-3-20-16-12(18)8-9-13-15-14(17-21-13)10-4-6-11(19-2)7-5-10/h4-7H,3,8-9H2,1-2H3,(H,16,18). The van der Waals surface area contributed by atoms with E-state index in [0.717, 1.165) is 11.3 Å². The van der Waals surface area contributed by atoms with E-state index in [1.807, 2.05) is 24.3 Å². The number of hydroxylamine groups is 1. The Morgan fingerprint density at radius 2 is 2.10 bits per heavy atom. The van der Waals surface area contributed by atoms with Gasteiger partial charge in [-0.25, -0.2) is 5.48 Å². The summed E-state index contributed by atoms with van der Waals surface area (Å²) in [5.41, 5.74) is 3.13. The van der Waals surface area contributed by atoms with Gasteiger partial charge >= 0.3 is 0 Å². The van der Waals surface area contributed by atoms with Crippen molar-refractivity contribution in [3.8, 4) is 17.1 Å². The number of aryl methyl sites for hydroxylation is 1. The van der Waals surface area contributed by atoms with Crippen molar-refractivity contribution in [3.63, 3.8) is 0 Å². The third-order valence-corrected chi connectivity index (χ3v) is 2.71. The molecule has 0 radical (unpaired) electrons. The minimum absolute atomic E-state index is 0.221. The van der Waals surface area contributed by atoms with Gasteiger partial charge in [0.1, 0.15) is 5.75 Å². The molecule has 0 bridgehead atoms. The smallest absolute Gasteiger partial charge is 0.244 e. The van der Waals surface area contributed by atoms with E-state index in [2.05, 4.69) is 15.6 Å². The van der Waals surface area contributed by atoms with Gasteiger partial charge in [0.2, 0.25) is 17.6 Å². The first-order chi connectivity index (χ1) is 10.2. The first-order valence-corrected chi connectivity index (χ1v) is 6.60. The lowest BCUT2D eigenvalue weighted by atomic mass is 10.2. The predicted octanol–water partition coefficient (Wildman–Crippen LogP) is 1.75. The second-order valence-electron chi connectivity index (χ2n) is 4.20. The Bertz CT molecular complexity index is 580. The quantitative estimate of drug-likeness (QED) is 0.782. The van der Waals surface area contributed by atoms with Crippen LogP contribution in [0.5, 0.6) is 5.75 Å². The first kappa shape index (κ1) is 15.0. The molecule has 2 aromatic rings. The molecule has 1 heterocycles. The maximum Gasteiger partial charge on any atom is 0.244 e. The molecule has 1 aromatic carbocycles. The van der Waals surface area contributed by atoms with Gasteiger partial charge in [-0.3, -0.25) is 9.63 Å². The summed E-state index contributed by atoms with van der Waals surface area (Å²) in [6.45, 7) is 2.22. The number of hydrogen-bond donors (Lipinski definition) is 1. The lowest BCUT2D eigenvalue weighted by molar-refractivity contribution is -0.133. The van der Waals surface area contributed by atoms with Gasteiger partial charge in [-0.1, -0.05) is 5.16 Å². The molecule has 1 amide bonds. The normalized spacial score (nSPS) is 10.4. The van der Waals surface area contributed by atoms with Crippen LogP contribution in [0.25, 0.3) is 11.4 Å². The highest BCUT2D eigenvalue weighted by Crippen LogP contribution is 2.19. The first-order valence-electron chi connectivity index (χ1n) is 6.60. The molecule has 7 heteroatoms. The molecular weight excluding hydrogens is 274 g/mol. The Kier molecular flexibility index (Phi) is 5.28. The number of carbonyl (C=O) groups is 1. The van der Waals surface area contributed by atoms with Crippen LogP contribution in [-0.4, -0.2) is 29.8 Å². The van der Waals surface area contributed by atoms with E-state index >= 15 is 0 Å². The summed E-state index contributed by atoms with van der Waals surface area (Å²) in [6.07, 6.45) is 0.590. The van der Waals surface area contributed by atoms with Crippen LogP contribution in [0.15, 0.2) is 28.8 Å². The molecule has 0 aliphatic heterocycles. The lowest BCUT2D eigenvalue weighted by Gasteiger charge is -2.01. The Morgan fingerprint density at radius 1 is 1.33 bits per heavy atom. The SMILES string of the molecule is CCONC(=O)CCc1nc(-c2ccc(OC)cc2)no1. The summed E-state index contributed by atoms with van der Waals surface area (Å²) in [7, 11) is 1.61. The Morgan fingerprint density at radius 3 is 2.76 bits per heavy atom. The average molecular weight is 291 g/mol. The van der Waals surface area contributed by atoms with Crippen molar-refractivity contribution in [2.75, 3.05) is 13.7 Å². The number of nitrogens with one attached hydrogen (secondary N) is 1. The Labute approximate surface area is 122 Å². The van der Waals surface area contributed by atoms with Crippen molar-refractivity contribution in [1.82, 2.24) is 15.6 Å². The van der Waals surface area contributed by atoms with Gasteiger partial charge in [0.25, 0.3) is 0 Å². The van der Waals surface area contributed by atoms with E-state index in [9.17, 15) is 4.79 Å². The molecule has 0 aliphatic rings. The zero-order chi connectivity index (χ0) is 15.1. The van der Waals surface area contributed by atoms with Gasteiger partial charge in [0.15, 0.2) is 0 Å². The number of hydrogen-bond acceptors (Lipinski definition) is 6. The predicted molar refractivity (Wildman–Crippen MR) is 74.4 cm³/mol. The maximum absolute atomic E-state index is 11.4. The van der Waals surface area contributed by atoms with E-state index in [0.29, 0.717) is 24.7 Å². The van der Waals surface area contributed by atoms with Gasteiger partial charge < -0.3 is 9.26 Å². The van der Waals surface area contributed by atoms with Crippen molar-refractivity contribution in [2.24, 2.45) is 0 Å². The summed E-state index contributed by atoms with van der Waals surface area (Å²) in [5, 5.41) is 3.89. The van der Waals surface area contributed by atoms with E-state index in [-0.39, 0.29) is 12.3 Å². The van der Waals surface area contributed by atoms with E-state index in [1.54, 1.807) is 14.0 Å². The van der Waals surface area contributed by atoms with Crippen molar-refractivity contribution < 1.29 is 18.9 Å². The van der Waals surface area contributed by atoms with E-state index < -0.39 is 0 Å². The number of methoxy groups -OCH3 is 1. The molecule has 1 aromatic heterocycles. The molecule has 21 heavy (non-hydrogen) atoms. The highest BCUT2D eigenvalue weighted by atomic mass is 16.6. The van der Waals surface area contributed by atoms with Crippen LogP contribution in [0, 0.1) is 0 Å². The van der Waals surface area contributed by atoms with Crippen LogP contribution in [0.3, 0.4) is 0 Å². The van der Waals surface area contributed by atoms with Crippen molar-refractivity contribution in [2.45, 2.75) is 19.8 Å².